The molecule has 2 rings (SSSR count). The van der Waals surface area contributed by atoms with Crippen LogP contribution in [0.2, 0.25) is 0 Å². The van der Waals surface area contributed by atoms with Crippen LogP contribution in [0, 0.1) is 12.7 Å². The zero-order chi connectivity index (χ0) is 13.8. The monoisotopic (exact) mass is 261 g/mol. The van der Waals surface area contributed by atoms with Gasteiger partial charge in [-0.2, -0.15) is 0 Å². The fraction of sp³-hybridized carbons (Fsp3) is 0.400. The summed E-state index contributed by atoms with van der Waals surface area (Å²) in [6, 6.07) is 5.51. The van der Waals surface area contributed by atoms with Crippen LogP contribution < -0.4 is 5.32 Å². The number of likely N-dealkylation sites (N-methyl/N-ethyl adjacent to an activating group) is 1. The molecule has 1 N–H and O–H groups in total. The molecule has 0 bridgehead atoms. The van der Waals surface area contributed by atoms with Crippen molar-refractivity contribution >= 4 is 0 Å². The molecule has 0 aliphatic carbocycles. The highest BCUT2D eigenvalue weighted by Gasteiger charge is 2.14. The van der Waals surface area contributed by atoms with E-state index in [0.29, 0.717) is 5.56 Å². The van der Waals surface area contributed by atoms with Crippen molar-refractivity contribution in [3.8, 4) is 0 Å². The Morgan fingerprint density at radius 3 is 2.79 bits per heavy atom. The highest BCUT2D eigenvalue weighted by molar-refractivity contribution is 5.26. The maximum Gasteiger partial charge on any atom is 0.126 e. The third-order valence-electron chi connectivity index (χ3n) is 3.36. The van der Waals surface area contributed by atoms with Crippen molar-refractivity contribution in [1.82, 2.24) is 14.9 Å². The first-order valence-corrected chi connectivity index (χ1v) is 6.57. The van der Waals surface area contributed by atoms with Gasteiger partial charge in [0, 0.05) is 31.9 Å². The fourth-order valence-electron chi connectivity index (χ4n) is 2.16. The molecule has 0 fully saturated rings. The number of hydrogen-bond donors (Lipinski definition) is 1. The minimum Gasteiger partial charge on any atom is -0.338 e. The molecule has 4 heteroatoms. The number of nitrogens with zero attached hydrogens (tertiary/aromatic N) is 2. The van der Waals surface area contributed by atoms with Crippen molar-refractivity contribution < 1.29 is 4.39 Å². The second kappa shape index (κ2) is 5.97. The van der Waals surface area contributed by atoms with Gasteiger partial charge in [0.05, 0.1) is 0 Å². The molecule has 2 aromatic rings. The van der Waals surface area contributed by atoms with Gasteiger partial charge in [-0.3, -0.25) is 0 Å². The van der Waals surface area contributed by atoms with Crippen LogP contribution >= 0.6 is 0 Å². The standard InChI is InChI=1S/C15H20FN3/c1-4-17-14(10-15-18-7-8-19(15)3)12-6-5-11(2)13(16)9-12/h5-9,14,17H,4,10H2,1-3H3. The minimum atomic E-state index is -0.153. The van der Waals surface area contributed by atoms with Gasteiger partial charge in [0.2, 0.25) is 0 Å². The number of aryl methyl sites for hydroxylation is 2. The Labute approximate surface area is 113 Å². The maximum absolute atomic E-state index is 13.7. The normalized spacial score (nSPS) is 12.6. The SMILES string of the molecule is CCNC(Cc1nccn1C)c1ccc(C)c(F)c1. The van der Waals surface area contributed by atoms with E-state index in [1.807, 2.05) is 29.9 Å². The molecule has 1 heterocycles. The van der Waals surface area contributed by atoms with E-state index >= 15 is 0 Å². The van der Waals surface area contributed by atoms with Crippen LogP contribution in [0.3, 0.4) is 0 Å². The molecule has 102 valence electrons. The topological polar surface area (TPSA) is 29.9 Å². The van der Waals surface area contributed by atoms with Crippen LogP contribution in [-0.2, 0) is 13.5 Å². The molecule has 19 heavy (non-hydrogen) atoms. The minimum absolute atomic E-state index is 0.0844. The summed E-state index contributed by atoms with van der Waals surface area (Å²) < 4.78 is 15.7. The van der Waals surface area contributed by atoms with Crippen molar-refractivity contribution in [1.29, 1.82) is 0 Å². The van der Waals surface area contributed by atoms with Crippen LogP contribution in [0.4, 0.5) is 4.39 Å². The molecule has 1 atom stereocenters. The molecule has 0 spiro atoms. The average molecular weight is 261 g/mol. The molecule has 0 radical (unpaired) electrons. The lowest BCUT2D eigenvalue weighted by atomic mass is 10.0. The van der Waals surface area contributed by atoms with Gasteiger partial charge < -0.3 is 9.88 Å². The molecule has 1 aromatic heterocycles. The number of imidazole rings is 1. The third kappa shape index (κ3) is 3.20. The lowest BCUT2D eigenvalue weighted by Crippen LogP contribution is -2.24. The molecule has 3 nitrogen and oxygen atoms in total. The Morgan fingerprint density at radius 2 is 2.21 bits per heavy atom. The molecule has 0 aliphatic rings. The number of halogens is 1. The smallest absolute Gasteiger partial charge is 0.126 e. The molecule has 1 aromatic carbocycles. The first-order chi connectivity index (χ1) is 9.11. The van der Waals surface area contributed by atoms with E-state index in [1.165, 1.54) is 0 Å². The molecular weight excluding hydrogens is 241 g/mol. The van der Waals surface area contributed by atoms with Gasteiger partial charge in [-0.25, -0.2) is 9.37 Å². The second-order valence-electron chi connectivity index (χ2n) is 4.78. The summed E-state index contributed by atoms with van der Waals surface area (Å²) in [6.45, 7) is 4.67. The summed E-state index contributed by atoms with van der Waals surface area (Å²) in [5, 5.41) is 3.39. The van der Waals surface area contributed by atoms with Crippen molar-refractivity contribution in [3.63, 3.8) is 0 Å². The van der Waals surface area contributed by atoms with E-state index in [-0.39, 0.29) is 11.9 Å². The first-order valence-electron chi connectivity index (χ1n) is 6.57. The van der Waals surface area contributed by atoms with Gasteiger partial charge in [0.15, 0.2) is 0 Å². The van der Waals surface area contributed by atoms with Crippen LogP contribution in [-0.4, -0.2) is 16.1 Å². The highest BCUT2D eigenvalue weighted by atomic mass is 19.1. The van der Waals surface area contributed by atoms with E-state index in [1.54, 1.807) is 19.2 Å². The number of rotatable bonds is 5. The molecule has 0 aliphatic heterocycles. The summed E-state index contributed by atoms with van der Waals surface area (Å²) in [5.74, 6) is 0.840. The Hall–Kier alpha value is -1.68. The Kier molecular flexibility index (Phi) is 4.32. The van der Waals surface area contributed by atoms with E-state index in [9.17, 15) is 4.39 Å². The average Bonchev–Trinajstić information content (AvgIpc) is 2.78. The summed E-state index contributed by atoms with van der Waals surface area (Å²) in [6.07, 6.45) is 4.46. The van der Waals surface area contributed by atoms with Crippen LogP contribution in [0.1, 0.15) is 29.9 Å². The van der Waals surface area contributed by atoms with Gasteiger partial charge in [-0.15, -0.1) is 0 Å². The summed E-state index contributed by atoms with van der Waals surface area (Å²) >= 11 is 0. The largest absolute Gasteiger partial charge is 0.338 e. The molecule has 0 saturated heterocycles. The molecular formula is C15H20FN3. The Morgan fingerprint density at radius 1 is 1.42 bits per heavy atom. The van der Waals surface area contributed by atoms with Gasteiger partial charge in [-0.1, -0.05) is 19.1 Å². The van der Waals surface area contributed by atoms with Crippen molar-refractivity contribution in [2.45, 2.75) is 26.3 Å². The van der Waals surface area contributed by atoms with Gasteiger partial charge >= 0.3 is 0 Å². The first kappa shape index (κ1) is 13.7. The molecule has 0 amide bonds. The number of nitrogens with one attached hydrogen (secondary N) is 1. The predicted molar refractivity (Wildman–Crippen MR) is 74.5 cm³/mol. The van der Waals surface area contributed by atoms with Gasteiger partial charge in [-0.05, 0) is 30.7 Å². The maximum atomic E-state index is 13.7. The fourth-order valence-corrected chi connectivity index (χ4v) is 2.16. The second-order valence-corrected chi connectivity index (χ2v) is 4.78. The van der Waals surface area contributed by atoms with Gasteiger partial charge in [0.25, 0.3) is 0 Å². The van der Waals surface area contributed by atoms with E-state index in [2.05, 4.69) is 17.2 Å². The van der Waals surface area contributed by atoms with E-state index in [4.69, 9.17) is 0 Å². The summed E-state index contributed by atoms with van der Waals surface area (Å²) in [7, 11) is 1.97. The highest BCUT2D eigenvalue weighted by Crippen LogP contribution is 2.20. The number of benzene rings is 1. The van der Waals surface area contributed by atoms with E-state index < -0.39 is 0 Å². The third-order valence-corrected chi connectivity index (χ3v) is 3.36. The van der Waals surface area contributed by atoms with Crippen molar-refractivity contribution in [3.05, 3.63) is 53.4 Å². The summed E-state index contributed by atoms with van der Waals surface area (Å²) in [5.41, 5.74) is 1.64. The zero-order valence-corrected chi connectivity index (χ0v) is 11.7. The van der Waals surface area contributed by atoms with E-state index in [0.717, 1.165) is 24.4 Å². The predicted octanol–water partition coefficient (Wildman–Crippen LogP) is 2.76. The van der Waals surface area contributed by atoms with Crippen molar-refractivity contribution in [2.75, 3.05) is 6.54 Å². The van der Waals surface area contributed by atoms with Gasteiger partial charge in [0.1, 0.15) is 11.6 Å². The molecule has 0 saturated carbocycles. The van der Waals surface area contributed by atoms with Crippen molar-refractivity contribution in [2.24, 2.45) is 7.05 Å². The Balaban J connectivity index is 2.24. The van der Waals surface area contributed by atoms with Crippen LogP contribution in [0.15, 0.2) is 30.6 Å². The quantitative estimate of drug-likeness (QED) is 0.897. The number of aromatic nitrogens is 2. The lowest BCUT2D eigenvalue weighted by Gasteiger charge is -2.18. The Bertz CT molecular complexity index is 548. The zero-order valence-electron chi connectivity index (χ0n) is 11.7. The lowest BCUT2D eigenvalue weighted by molar-refractivity contribution is 0.523. The number of hydrogen-bond acceptors (Lipinski definition) is 2. The molecule has 1 unspecified atom stereocenters. The van der Waals surface area contributed by atoms with Crippen LogP contribution in [0.5, 0.6) is 0 Å². The van der Waals surface area contributed by atoms with Crippen LogP contribution in [0.25, 0.3) is 0 Å². The summed E-state index contributed by atoms with van der Waals surface area (Å²) in [4.78, 5) is 4.33.